The summed E-state index contributed by atoms with van der Waals surface area (Å²) in [5.74, 6) is 1.93. The van der Waals surface area contributed by atoms with Crippen LogP contribution in [0.3, 0.4) is 0 Å². The highest BCUT2D eigenvalue weighted by Gasteiger charge is 2.29. The van der Waals surface area contributed by atoms with Crippen LogP contribution in [0.5, 0.6) is 5.75 Å². The van der Waals surface area contributed by atoms with Crippen molar-refractivity contribution in [2.45, 2.75) is 44.6 Å². The van der Waals surface area contributed by atoms with Gasteiger partial charge in [0.15, 0.2) is 5.60 Å². The molecule has 25 heavy (non-hydrogen) atoms. The largest absolute Gasteiger partial charge is 0.478 e. The summed E-state index contributed by atoms with van der Waals surface area (Å²) >= 11 is 5.86. The molecule has 1 heterocycles. The quantitative estimate of drug-likeness (QED) is 0.821. The molecule has 132 valence electrons. The van der Waals surface area contributed by atoms with E-state index in [9.17, 15) is 4.79 Å². The Morgan fingerprint density at radius 3 is 2.48 bits per heavy atom. The highest BCUT2D eigenvalue weighted by Crippen LogP contribution is 2.37. The van der Waals surface area contributed by atoms with Gasteiger partial charge in [0.2, 0.25) is 0 Å². The molecule has 3 rings (SSSR count). The van der Waals surface area contributed by atoms with Crippen LogP contribution >= 0.6 is 11.6 Å². The Morgan fingerprint density at radius 1 is 1.24 bits per heavy atom. The molecule has 5 nitrogen and oxygen atoms in total. The van der Waals surface area contributed by atoms with Crippen LogP contribution in [0.15, 0.2) is 36.7 Å². The molecule has 1 aliphatic rings. The second-order valence-electron chi connectivity index (χ2n) is 6.80. The minimum absolute atomic E-state index is 0.169. The number of halogens is 1. The van der Waals surface area contributed by atoms with Crippen molar-refractivity contribution in [3.63, 3.8) is 0 Å². The minimum Gasteiger partial charge on any atom is -0.478 e. The van der Waals surface area contributed by atoms with E-state index in [1.165, 1.54) is 12.8 Å². The number of amides is 1. The molecule has 2 aromatic rings. The van der Waals surface area contributed by atoms with Crippen molar-refractivity contribution < 1.29 is 9.53 Å². The minimum atomic E-state index is -0.972. The summed E-state index contributed by atoms with van der Waals surface area (Å²) in [5.41, 5.74) is 0.0429. The highest BCUT2D eigenvalue weighted by atomic mass is 35.5. The normalized spacial score (nSPS) is 14.2. The molecule has 1 N–H and O–H groups in total. The van der Waals surface area contributed by atoms with Crippen molar-refractivity contribution in [2.24, 2.45) is 0 Å². The Labute approximate surface area is 152 Å². The molecular formula is C19H22ClN3O2. The summed E-state index contributed by atoms with van der Waals surface area (Å²) in [7, 11) is 0. The third-order valence-corrected chi connectivity index (χ3v) is 4.35. The number of ether oxygens (including phenoxy) is 1. The first-order valence-corrected chi connectivity index (χ1v) is 8.85. The summed E-state index contributed by atoms with van der Waals surface area (Å²) in [6.07, 6.45) is 6.77. The molecule has 0 atom stereocenters. The molecule has 0 aliphatic heterocycles. The van der Waals surface area contributed by atoms with Crippen molar-refractivity contribution in [3.05, 3.63) is 53.1 Å². The van der Waals surface area contributed by atoms with E-state index in [0.717, 1.165) is 11.4 Å². The predicted molar refractivity (Wildman–Crippen MR) is 96.9 cm³/mol. The van der Waals surface area contributed by atoms with E-state index in [1.54, 1.807) is 38.1 Å². The van der Waals surface area contributed by atoms with E-state index in [2.05, 4.69) is 15.3 Å². The van der Waals surface area contributed by atoms with Crippen LogP contribution in [0.25, 0.3) is 0 Å². The second kappa shape index (κ2) is 7.40. The zero-order valence-electron chi connectivity index (χ0n) is 14.5. The summed E-state index contributed by atoms with van der Waals surface area (Å²) < 4.78 is 5.78. The van der Waals surface area contributed by atoms with Gasteiger partial charge in [0.05, 0.1) is 0 Å². The SMILES string of the molecule is CC(C)(Oc1ccc(Cl)cc1)C(=O)NCCc1cnc(C2CC2)nc1. The molecule has 0 saturated heterocycles. The molecule has 0 unspecified atom stereocenters. The average molecular weight is 360 g/mol. The molecule has 1 aromatic heterocycles. The first-order valence-electron chi connectivity index (χ1n) is 8.48. The maximum atomic E-state index is 12.4. The van der Waals surface area contributed by atoms with Gasteiger partial charge >= 0.3 is 0 Å². The van der Waals surface area contributed by atoms with Crippen LogP contribution in [-0.2, 0) is 11.2 Å². The first kappa shape index (κ1) is 17.7. The van der Waals surface area contributed by atoms with Crippen molar-refractivity contribution in [2.75, 3.05) is 6.54 Å². The Kier molecular flexibility index (Phi) is 5.23. The van der Waals surface area contributed by atoms with Crippen LogP contribution in [0, 0.1) is 0 Å². The number of nitrogens with one attached hydrogen (secondary N) is 1. The van der Waals surface area contributed by atoms with E-state index in [1.807, 2.05) is 12.4 Å². The maximum Gasteiger partial charge on any atom is 0.263 e. The van der Waals surface area contributed by atoms with Gasteiger partial charge in [-0.05, 0) is 62.9 Å². The molecule has 1 aliphatic carbocycles. The van der Waals surface area contributed by atoms with Gasteiger partial charge in [-0.1, -0.05) is 11.6 Å². The van der Waals surface area contributed by atoms with E-state index in [0.29, 0.717) is 29.7 Å². The number of aromatic nitrogens is 2. The first-order chi connectivity index (χ1) is 11.9. The maximum absolute atomic E-state index is 12.4. The number of carbonyl (C=O) groups excluding carboxylic acids is 1. The van der Waals surface area contributed by atoms with Crippen LogP contribution in [0.4, 0.5) is 0 Å². The van der Waals surface area contributed by atoms with E-state index in [4.69, 9.17) is 16.3 Å². The van der Waals surface area contributed by atoms with Gasteiger partial charge in [0, 0.05) is 29.9 Å². The highest BCUT2D eigenvalue weighted by molar-refractivity contribution is 6.30. The summed E-state index contributed by atoms with van der Waals surface area (Å²) in [6.45, 7) is 3.99. The fourth-order valence-electron chi connectivity index (χ4n) is 2.42. The third kappa shape index (κ3) is 4.92. The van der Waals surface area contributed by atoms with Crippen molar-refractivity contribution in [3.8, 4) is 5.75 Å². The number of nitrogens with zero attached hydrogens (tertiary/aromatic N) is 2. The predicted octanol–water partition coefficient (Wildman–Crippen LogP) is 3.52. The van der Waals surface area contributed by atoms with E-state index in [-0.39, 0.29) is 5.91 Å². The summed E-state index contributed by atoms with van der Waals surface area (Å²) in [5, 5.41) is 3.54. The molecule has 0 spiro atoms. The van der Waals surface area contributed by atoms with E-state index >= 15 is 0 Å². The van der Waals surface area contributed by atoms with Crippen LogP contribution in [0.1, 0.15) is 44.0 Å². The molecule has 1 amide bonds. The van der Waals surface area contributed by atoms with Gasteiger partial charge in [-0.3, -0.25) is 4.79 Å². The third-order valence-electron chi connectivity index (χ3n) is 4.10. The van der Waals surface area contributed by atoms with Gasteiger partial charge in [-0.15, -0.1) is 0 Å². The lowest BCUT2D eigenvalue weighted by molar-refractivity contribution is -0.134. The van der Waals surface area contributed by atoms with Crippen LogP contribution < -0.4 is 10.1 Å². The standard InChI is InChI=1S/C19H22ClN3O2/c1-19(2,25-16-7-5-15(20)6-8-16)18(24)21-10-9-13-11-22-17(23-12-13)14-3-4-14/h5-8,11-12,14H,3-4,9-10H2,1-2H3,(H,21,24). The van der Waals surface area contributed by atoms with Crippen molar-refractivity contribution in [1.29, 1.82) is 0 Å². The number of rotatable bonds is 7. The van der Waals surface area contributed by atoms with Crippen molar-refractivity contribution in [1.82, 2.24) is 15.3 Å². The molecule has 0 radical (unpaired) electrons. The number of benzene rings is 1. The van der Waals surface area contributed by atoms with Gasteiger partial charge in [0.25, 0.3) is 5.91 Å². The monoisotopic (exact) mass is 359 g/mol. The molecular weight excluding hydrogens is 338 g/mol. The molecule has 6 heteroatoms. The Morgan fingerprint density at radius 2 is 1.88 bits per heavy atom. The van der Waals surface area contributed by atoms with Gasteiger partial charge in [-0.25, -0.2) is 9.97 Å². The molecule has 1 saturated carbocycles. The summed E-state index contributed by atoms with van der Waals surface area (Å²) in [4.78, 5) is 21.2. The Balaban J connectivity index is 1.47. The number of hydrogen-bond donors (Lipinski definition) is 1. The number of carbonyl (C=O) groups is 1. The Hall–Kier alpha value is -2.14. The fourth-order valence-corrected chi connectivity index (χ4v) is 2.55. The Bertz CT molecular complexity index is 725. The summed E-state index contributed by atoms with van der Waals surface area (Å²) in [6, 6.07) is 6.96. The fraction of sp³-hybridized carbons (Fsp3) is 0.421. The van der Waals surface area contributed by atoms with Crippen molar-refractivity contribution >= 4 is 17.5 Å². The van der Waals surface area contributed by atoms with Gasteiger partial charge < -0.3 is 10.1 Å². The molecule has 0 bridgehead atoms. The van der Waals surface area contributed by atoms with Crippen LogP contribution in [-0.4, -0.2) is 28.0 Å². The molecule has 1 aromatic carbocycles. The topological polar surface area (TPSA) is 64.1 Å². The smallest absolute Gasteiger partial charge is 0.263 e. The number of hydrogen-bond acceptors (Lipinski definition) is 4. The lowest BCUT2D eigenvalue weighted by atomic mass is 10.1. The molecule has 1 fully saturated rings. The van der Waals surface area contributed by atoms with E-state index < -0.39 is 5.60 Å². The lowest BCUT2D eigenvalue weighted by Crippen LogP contribution is -2.47. The zero-order chi connectivity index (χ0) is 17.9. The van der Waals surface area contributed by atoms with Crippen LogP contribution in [0.2, 0.25) is 5.02 Å². The lowest BCUT2D eigenvalue weighted by Gasteiger charge is -2.25. The van der Waals surface area contributed by atoms with Gasteiger partial charge in [-0.2, -0.15) is 0 Å². The van der Waals surface area contributed by atoms with Gasteiger partial charge in [0.1, 0.15) is 11.6 Å². The average Bonchev–Trinajstić information content (AvgIpc) is 3.42. The zero-order valence-corrected chi connectivity index (χ0v) is 15.2. The second-order valence-corrected chi connectivity index (χ2v) is 7.23.